The van der Waals surface area contributed by atoms with Crippen molar-refractivity contribution in [1.29, 1.82) is 0 Å². The van der Waals surface area contributed by atoms with Crippen molar-refractivity contribution in [2.24, 2.45) is 0 Å². The summed E-state index contributed by atoms with van der Waals surface area (Å²) >= 11 is 6.84. The van der Waals surface area contributed by atoms with Crippen LogP contribution in [0.3, 0.4) is 0 Å². The second-order valence-corrected chi connectivity index (χ2v) is 5.55. The van der Waals surface area contributed by atoms with Gasteiger partial charge in [0.25, 0.3) is 0 Å². The Hall–Kier alpha value is -1.33. The van der Waals surface area contributed by atoms with Gasteiger partial charge >= 0.3 is 5.97 Å². The first kappa shape index (κ1) is 14.1. The summed E-state index contributed by atoms with van der Waals surface area (Å²) in [6, 6.07) is 12.3. The van der Waals surface area contributed by atoms with Gasteiger partial charge < -0.3 is 9.84 Å². The SMILES string of the molecule is O=C(O)c1ccc(COc2c(Br)cccc2Br)cc1. The number of carbonyl (C=O) groups is 1. The number of halogens is 2. The van der Waals surface area contributed by atoms with Gasteiger partial charge in [-0.1, -0.05) is 18.2 Å². The molecule has 0 atom stereocenters. The third-order valence-electron chi connectivity index (χ3n) is 2.50. The largest absolute Gasteiger partial charge is 0.487 e. The minimum atomic E-state index is -0.930. The van der Waals surface area contributed by atoms with Crippen molar-refractivity contribution in [2.75, 3.05) is 0 Å². The van der Waals surface area contributed by atoms with Gasteiger partial charge in [-0.3, -0.25) is 0 Å². The average Bonchev–Trinajstić information content (AvgIpc) is 2.38. The molecular weight excluding hydrogens is 376 g/mol. The number of aromatic carboxylic acids is 1. The normalized spacial score (nSPS) is 10.2. The zero-order valence-corrected chi connectivity index (χ0v) is 12.9. The van der Waals surface area contributed by atoms with Crippen LogP contribution in [0.15, 0.2) is 51.4 Å². The van der Waals surface area contributed by atoms with Crippen molar-refractivity contribution in [3.8, 4) is 5.75 Å². The summed E-state index contributed by atoms with van der Waals surface area (Å²) in [5, 5.41) is 8.81. The number of ether oxygens (including phenoxy) is 1. The van der Waals surface area contributed by atoms with E-state index in [4.69, 9.17) is 9.84 Å². The first-order valence-electron chi connectivity index (χ1n) is 5.47. The molecule has 98 valence electrons. The highest BCUT2D eigenvalue weighted by molar-refractivity contribution is 9.11. The van der Waals surface area contributed by atoms with Crippen LogP contribution in [-0.4, -0.2) is 11.1 Å². The zero-order chi connectivity index (χ0) is 13.8. The fourth-order valence-corrected chi connectivity index (χ4v) is 2.75. The average molecular weight is 386 g/mol. The predicted molar refractivity (Wildman–Crippen MR) is 79.6 cm³/mol. The third-order valence-corrected chi connectivity index (χ3v) is 3.75. The maximum Gasteiger partial charge on any atom is 0.335 e. The molecule has 0 amide bonds. The van der Waals surface area contributed by atoms with E-state index in [0.717, 1.165) is 20.3 Å². The Morgan fingerprint density at radius 2 is 1.63 bits per heavy atom. The topological polar surface area (TPSA) is 46.5 Å². The molecule has 3 nitrogen and oxygen atoms in total. The van der Waals surface area contributed by atoms with E-state index in [2.05, 4.69) is 31.9 Å². The van der Waals surface area contributed by atoms with Crippen LogP contribution in [0, 0.1) is 0 Å². The number of benzene rings is 2. The summed E-state index contributed by atoms with van der Waals surface area (Å²) < 4.78 is 7.44. The second kappa shape index (κ2) is 6.21. The molecule has 0 saturated heterocycles. The number of para-hydroxylation sites is 1. The van der Waals surface area contributed by atoms with Crippen molar-refractivity contribution >= 4 is 37.8 Å². The van der Waals surface area contributed by atoms with Crippen molar-refractivity contribution in [3.05, 3.63) is 62.5 Å². The molecule has 2 rings (SSSR count). The van der Waals surface area contributed by atoms with E-state index in [1.54, 1.807) is 24.3 Å². The smallest absolute Gasteiger partial charge is 0.335 e. The van der Waals surface area contributed by atoms with Gasteiger partial charge in [0.05, 0.1) is 14.5 Å². The van der Waals surface area contributed by atoms with Crippen LogP contribution >= 0.6 is 31.9 Å². The van der Waals surface area contributed by atoms with Gasteiger partial charge in [0.15, 0.2) is 0 Å². The molecule has 0 radical (unpaired) electrons. The lowest BCUT2D eigenvalue weighted by Crippen LogP contribution is -1.99. The lowest BCUT2D eigenvalue weighted by Gasteiger charge is -2.10. The van der Waals surface area contributed by atoms with Crippen LogP contribution in [0.25, 0.3) is 0 Å². The summed E-state index contributed by atoms with van der Waals surface area (Å²) in [4.78, 5) is 10.7. The Labute approximate surface area is 127 Å². The second-order valence-electron chi connectivity index (χ2n) is 3.84. The summed E-state index contributed by atoms with van der Waals surface area (Å²) in [6.07, 6.45) is 0. The monoisotopic (exact) mass is 384 g/mol. The van der Waals surface area contributed by atoms with Gasteiger partial charge in [-0.05, 0) is 61.7 Å². The van der Waals surface area contributed by atoms with Gasteiger partial charge in [-0.25, -0.2) is 4.79 Å². The van der Waals surface area contributed by atoms with Crippen LogP contribution in [0.5, 0.6) is 5.75 Å². The maximum atomic E-state index is 10.7. The molecule has 0 bridgehead atoms. The van der Waals surface area contributed by atoms with Crippen LogP contribution < -0.4 is 4.74 Å². The van der Waals surface area contributed by atoms with E-state index in [9.17, 15) is 4.79 Å². The molecule has 0 spiro atoms. The molecule has 0 aliphatic carbocycles. The first-order chi connectivity index (χ1) is 9.08. The summed E-state index contributed by atoms with van der Waals surface area (Å²) in [7, 11) is 0. The highest BCUT2D eigenvalue weighted by Crippen LogP contribution is 2.33. The molecule has 0 aliphatic rings. The molecule has 0 saturated carbocycles. The highest BCUT2D eigenvalue weighted by Gasteiger charge is 2.07. The van der Waals surface area contributed by atoms with Crippen LogP contribution in [0.2, 0.25) is 0 Å². The lowest BCUT2D eigenvalue weighted by molar-refractivity contribution is 0.0697. The van der Waals surface area contributed by atoms with Crippen molar-refractivity contribution in [1.82, 2.24) is 0 Å². The Kier molecular flexibility index (Phi) is 4.61. The van der Waals surface area contributed by atoms with E-state index in [-0.39, 0.29) is 5.56 Å². The highest BCUT2D eigenvalue weighted by atomic mass is 79.9. The van der Waals surface area contributed by atoms with Crippen molar-refractivity contribution in [2.45, 2.75) is 6.61 Å². The van der Waals surface area contributed by atoms with Crippen molar-refractivity contribution < 1.29 is 14.6 Å². The predicted octanol–water partition coefficient (Wildman–Crippen LogP) is 4.49. The molecule has 19 heavy (non-hydrogen) atoms. The Morgan fingerprint density at radius 1 is 1.05 bits per heavy atom. The molecule has 0 aromatic heterocycles. The van der Waals surface area contributed by atoms with Crippen molar-refractivity contribution in [3.63, 3.8) is 0 Å². The van der Waals surface area contributed by atoms with E-state index >= 15 is 0 Å². The number of hydrogen-bond donors (Lipinski definition) is 1. The molecule has 2 aromatic rings. The lowest BCUT2D eigenvalue weighted by atomic mass is 10.1. The minimum Gasteiger partial charge on any atom is -0.487 e. The maximum absolute atomic E-state index is 10.7. The standard InChI is InChI=1S/C14H10Br2O3/c15-11-2-1-3-12(16)13(11)19-8-9-4-6-10(7-5-9)14(17)18/h1-7H,8H2,(H,17,18). The summed E-state index contributed by atoms with van der Waals surface area (Å²) in [5.41, 5.74) is 1.18. The van der Waals surface area contributed by atoms with E-state index in [0.29, 0.717) is 6.61 Å². The Bertz CT molecular complexity index is 574. The third kappa shape index (κ3) is 3.58. The van der Waals surface area contributed by atoms with E-state index in [1.807, 2.05) is 18.2 Å². The van der Waals surface area contributed by atoms with E-state index < -0.39 is 5.97 Å². The number of carboxylic acids is 1. The molecule has 0 fully saturated rings. The molecule has 1 N–H and O–H groups in total. The molecule has 0 unspecified atom stereocenters. The van der Waals surface area contributed by atoms with Gasteiger partial charge in [-0.15, -0.1) is 0 Å². The Morgan fingerprint density at radius 3 is 2.16 bits per heavy atom. The van der Waals surface area contributed by atoms with Crippen LogP contribution in [0.1, 0.15) is 15.9 Å². The fraction of sp³-hybridized carbons (Fsp3) is 0.0714. The van der Waals surface area contributed by atoms with Crippen LogP contribution in [0.4, 0.5) is 0 Å². The fourth-order valence-electron chi connectivity index (χ4n) is 1.52. The van der Waals surface area contributed by atoms with Gasteiger partial charge in [0, 0.05) is 0 Å². The molecule has 0 heterocycles. The van der Waals surface area contributed by atoms with Crippen LogP contribution in [-0.2, 0) is 6.61 Å². The molecule has 5 heteroatoms. The minimum absolute atomic E-state index is 0.269. The first-order valence-corrected chi connectivity index (χ1v) is 7.05. The number of hydrogen-bond acceptors (Lipinski definition) is 2. The number of carboxylic acid groups (broad SMARTS) is 1. The number of rotatable bonds is 4. The van der Waals surface area contributed by atoms with Gasteiger partial charge in [0.2, 0.25) is 0 Å². The summed E-state index contributed by atoms with van der Waals surface area (Å²) in [5.74, 6) is -0.203. The molecule has 0 aliphatic heterocycles. The Balaban J connectivity index is 2.08. The summed E-state index contributed by atoms with van der Waals surface area (Å²) in [6.45, 7) is 0.376. The molecular formula is C14H10Br2O3. The van der Waals surface area contributed by atoms with Gasteiger partial charge in [-0.2, -0.15) is 0 Å². The van der Waals surface area contributed by atoms with Gasteiger partial charge in [0.1, 0.15) is 12.4 Å². The van der Waals surface area contributed by atoms with E-state index in [1.165, 1.54) is 0 Å². The molecule has 2 aromatic carbocycles. The zero-order valence-electron chi connectivity index (χ0n) is 9.77. The quantitative estimate of drug-likeness (QED) is 0.843.